The molecule has 1 N–H and O–H groups in total. The minimum absolute atomic E-state index is 0.0294. The van der Waals surface area contributed by atoms with Gasteiger partial charge in [-0.1, -0.05) is 0 Å². The fraction of sp³-hybridized carbons (Fsp3) is 0.650. The first-order valence-corrected chi connectivity index (χ1v) is 10.0. The summed E-state index contributed by atoms with van der Waals surface area (Å²) in [5.41, 5.74) is 1.59. The highest BCUT2D eigenvalue weighted by Gasteiger charge is 2.31. The summed E-state index contributed by atoms with van der Waals surface area (Å²) in [6, 6.07) is 4.40. The number of hydrogen-bond donors (Lipinski definition) is 1. The molecule has 1 saturated carbocycles. The Morgan fingerprint density at radius 3 is 2.75 bits per heavy atom. The predicted octanol–water partition coefficient (Wildman–Crippen LogP) is 2.55. The SMILES string of the molecule is CCOc1nc2ccc(OCC3CC(OC[C@H](C)NC(C)=O)C3)nc2n1CC. The summed E-state index contributed by atoms with van der Waals surface area (Å²) in [4.78, 5) is 20.1. The summed E-state index contributed by atoms with van der Waals surface area (Å²) in [5, 5.41) is 2.82. The number of aromatic nitrogens is 3. The lowest BCUT2D eigenvalue weighted by Crippen LogP contribution is -2.40. The van der Waals surface area contributed by atoms with Gasteiger partial charge in [0.05, 0.1) is 25.9 Å². The van der Waals surface area contributed by atoms with E-state index in [4.69, 9.17) is 14.2 Å². The van der Waals surface area contributed by atoms with Gasteiger partial charge in [0.15, 0.2) is 5.65 Å². The molecule has 154 valence electrons. The molecule has 0 unspecified atom stereocenters. The number of amides is 1. The number of nitrogens with one attached hydrogen (secondary N) is 1. The van der Waals surface area contributed by atoms with Crippen molar-refractivity contribution >= 4 is 17.1 Å². The van der Waals surface area contributed by atoms with Crippen LogP contribution in [0, 0.1) is 5.92 Å². The Morgan fingerprint density at radius 1 is 1.29 bits per heavy atom. The van der Waals surface area contributed by atoms with Crippen molar-refractivity contribution in [2.45, 2.75) is 59.2 Å². The molecule has 0 radical (unpaired) electrons. The minimum atomic E-state index is -0.0294. The zero-order valence-corrected chi connectivity index (χ0v) is 17.1. The maximum atomic E-state index is 11.0. The van der Waals surface area contributed by atoms with E-state index in [2.05, 4.69) is 15.3 Å². The van der Waals surface area contributed by atoms with E-state index in [9.17, 15) is 4.79 Å². The van der Waals surface area contributed by atoms with Crippen LogP contribution in [0.1, 0.15) is 40.5 Å². The third-order valence-corrected chi connectivity index (χ3v) is 4.81. The van der Waals surface area contributed by atoms with Crippen molar-refractivity contribution in [3.8, 4) is 11.9 Å². The summed E-state index contributed by atoms with van der Waals surface area (Å²) >= 11 is 0. The quantitative estimate of drug-likeness (QED) is 0.671. The third kappa shape index (κ3) is 4.92. The molecule has 1 aliphatic rings. The Balaban J connectivity index is 1.47. The fourth-order valence-electron chi connectivity index (χ4n) is 3.39. The minimum Gasteiger partial charge on any atom is -0.477 e. The second-order valence-corrected chi connectivity index (χ2v) is 7.27. The number of pyridine rings is 1. The van der Waals surface area contributed by atoms with E-state index in [1.54, 1.807) is 0 Å². The second-order valence-electron chi connectivity index (χ2n) is 7.27. The van der Waals surface area contributed by atoms with Crippen LogP contribution in [0.3, 0.4) is 0 Å². The standard InChI is InChI=1S/C20H30N4O4/c1-5-24-19-17(22-20(24)26-6-2)7-8-18(23-19)28-12-15-9-16(10-15)27-11-13(3)21-14(4)25/h7-8,13,15-16H,5-6,9-12H2,1-4H3,(H,21,25)/t13-,15?,16?/m0/s1. The summed E-state index contributed by atoms with van der Waals surface area (Å²) in [7, 11) is 0. The maximum Gasteiger partial charge on any atom is 0.298 e. The van der Waals surface area contributed by atoms with Gasteiger partial charge in [-0.15, -0.1) is 0 Å². The Morgan fingerprint density at radius 2 is 2.07 bits per heavy atom. The lowest BCUT2D eigenvalue weighted by molar-refractivity contribution is -0.120. The smallest absolute Gasteiger partial charge is 0.298 e. The molecule has 28 heavy (non-hydrogen) atoms. The highest BCUT2D eigenvalue weighted by Crippen LogP contribution is 2.31. The number of nitrogens with zero attached hydrogens (tertiary/aromatic N) is 3. The molecule has 8 nitrogen and oxygen atoms in total. The van der Waals surface area contributed by atoms with Crippen LogP contribution in [-0.4, -0.2) is 52.4 Å². The lowest BCUT2D eigenvalue weighted by atomic mass is 9.83. The number of fused-ring (bicyclic) bond motifs is 1. The Bertz CT molecular complexity index is 801. The molecule has 2 heterocycles. The fourth-order valence-corrected chi connectivity index (χ4v) is 3.39. The predicted molar refractivity (Wildman–Crippen MR) is 106 cm³/mol. The molecule has 1 aliphatic carbocycles. The first-order chi connectivity index (χ1) is 13.5. The Kier molecular flexibility index (Phi) is 6.72. The van der Waals surface area contributed by atoms with Crippen LogP contribution in [0.4, 0.5) is 0 Å². The van der Waals surface area contributed by atoms with Gasteiger partial charge in [-0.05, 0) is 45.6 Å². The van der Waals surface area contributed by atoms with Crippen LogP contribution < -0.4 is 14.8 Å². The molecular weight excluding hydrogens is 360 g/mol. The van der Waals surface area contributed by atoms with Crippen LogP contribution in [0.15, 0.2) is 12.1 Å². The molecule has 0 spiro atoms. The first-order valence-electron chi connectivity index (χ1n) is 10.0. The molecule has 3 rings (SSSR count). The van der Waals surface area contributed by atoms with Gasteiger partial charge in [0.1, 0.15) is 5.52 Å². The number of carbonyl (C=O) groups is 1. The molecule has 0 aromatic carbocycles. The van der Waals surface area contributed by atoms with Crippen molar-refractivity contribution < 1.29 is 19.0 Å². The Labute approximate surface area is 165 Å². The summed E-state index contributed by atoms with van der Waals surface area (Å²) < 4.78 is 19.3. The monoisotopic (exact) mass is 390 g/mol. The van der Waals surface area contributed by atoms with Crippen molar-refractivity contribution in [1.29, 1.82) is 0 Å². The average Bonchev–Trinajstić information content (AvgIpc) is 2.96. The van der Waals surface area contributed by atoms with Crippen LogP contribution in [0.2, 0.25) is 0 Å². The summed E-state index contributed by atoms with van der Waals surface area (Å²) in [6.45, 7) is 9.92. The number of carbonyl (C=O) groups excluding carboxylic acids is 1. The van der Waals surface area contributed by atoms with Crippen molar-refractivity contribution in [1.82, 2.24) is 19.9 Å². The van der Waals surface area contributed by atoms with E-state index >= 15 is 0 Å². The van der Waals surface area contributed by atoms with Gasteiger partial charge in [-0.3, -0.25) is 9.36 Å². The molecule has 1 amide bonds. The number of rotatable bonds is 10. The van der Waals surface area contributed by atoms with Gasteiger partial charge >= 0.3 is 0 Å². The van der Waals surface area contributed by atoms with E-state index in [1.807, 2.05) is 37.5 Å². The highest BCUT2D eigenvalue weighted by atomic mass is 16.5. The third-order valence-electron chi connectivity index (χ3n) is 4.81. The topological polar surface area (TPSA) is 87.5 Å². The molecule has 2 aromatic heterocycles. The average molecular weight is 390 g/mol. The molecule has 1 fully saturated rings. The van der Waals surface area contributed by atoms with E-state index in [1.165, 1.54) is 6.92 Å². The number of imidazole rings is 1. The summed E-state index contributed by atoms with van der Waals surface area (Å²) in [6.07, 6.45) is 2.18. The van der Waals surface area contributed by atoms with Gasteiger partial charge < -0.3 is 19.5 Å². The zero-order valence-electron chi connectivity index (χ0n) is 17.1. The van der Waals surface area contributed by atoms with Crippen LogP contribution >= 0.6 is 0 Å². The molecule has 8 heteroatoms. The highest BCUT2D eigenvalue weighted by molar-refractivity contribution is 5.73. The van der Waals surface area contributed by atoms with Gasteiger partial charge in [-0.25, -0.2) is 0 Å². The largest absolute Gasteiger partial charge is 0.477 e. The van der Waals surface area contributed by atoms with Gasteiger partial charge in [-0.2, -0.15) is 9.97 Å². The molecule has 0 saturated heterocycles. The second kappa shape index (κ2) is 9.23. The Hall–Kier alpha value is -2.35. The first kappa shape index (κ1) is 20.4. The lowest BCUT2D eigenvalue weighted by Gasteiger charge is -2.35. The van der Waals surface area contributed by atoms with E-state index in [0.29, 0.717) is 37.6 Å². The van der Waals surface area contributed by atoms with Crippen molar-refractivity contribution in [3.63, 3.8) is 0 Å². The van der Waals surface area contributed by atoms with Crippen LogP contribution in [-0.2, 0) is 16.1 Å². The van der Waals surface area contributed by atoms with Crippen molar-refractivity contribution in [2.24, 2.45) is 5.92 Å². The molecule has 0 aliphatic heterocycles. The van der Waals surface area contributed by atoms with E-state index < -0.39 is 0 Å². The van der Waals surface area contributed by atoms with Gasteiger partial charge in [0.2, 0.25) is 11.8 Å². The van der Waals surface area contributed by atoms with Gasteiger partial charge in [0.25, 0.3) is 6.01 Å². The normalized spacial score (nSPS) is 19.9. The molecule has 1 atom stereocenters. The number of aryl methyl sites for hydroxylation is 1. The van der Waals surface area contributed by atoms with E-state index in [-0.39, 0.29) is 18.1 Å². The van der Waals surface area contributed by atoms with Gasteiger partial charge in [0, 0.05) is 25.6 Å². The van der Waals surface area contributed by atoms with Crippen molar-refractivity contribution in [2.75, 3.05) is 19.8 Å². The maximum absolute atomic E-state index is 11.0. The van der Waals surface area contributed by atoms with Crippen LogP contribution in [0.5, 0.6) is 11.9 Å². The number of hydrogen-bond acceptors (Lipinski definition) is 6. The van der Waals surface area contributed by atoms with E-state index in [0.717, 1.165) is 30.6 Å². The molecule has 0 bridgehead atoms. The number of ether oxygens (including phenoxy) is 3. The van der Waals surface area contributed by atoms with Crippen LogP contribution in [0.25, 0.3) is 11.2 Å². The van der Waals surface area contributed by atoms with Crippen molar-refractivity contribution in [3.05, 3.63) is 12.1 Å². The molecule has 2 aromatic rings. The zero-order chi connectivity index (χ0) is 20.1. The molecular formula is C20H30N4O4. The summed E-state index contributed by atoms with van der Waals surface area (Å²) in [5.74, 6) is 1.04.